The van der Waals surface area contributed by atoms with Gasteiger partial charge in [0.2, 0.25) is 0 Å². The van der Waals surface area contributed by atoms with Gasteiger partial charge in [-0.15, -0.1) is 0 Å². The predicted octanol–water partition coefficient (Wildman–Crippen LogP) is 0.440. The second-order valence-corrected chi connectivity index (χ2v) is 4.87. The van der Waals surface area contributed by atoms with Gasteiger partial charge >= 0.3 is 0 Å². The zero-order valence-electron chi connectivity index (χ0n) is 12.3. The first-order valence-corrected chi connectivity index (χ1v) is 7.13. The maximum Gasteiger partial charge on any atom is 0.123 e. The molecule has 1 aliphatic rings. The molecule has 1 aromatic carbocycles. The Morgan fingerprint density at radius 2 is 2.24 bits per heavy atom. The smallest absolute Gasteiger partial charge is 0.123 e. The molecule has 1 heterocycles. The lowest BCUT2D eigenvalue weighted by atomic mass is 10.3. The third-order valence-corrected chi connectivity index (χ3v) is 3.12. The van der Waals surface area contributed by atoms with Crippen LogP contribution in [0.5, 0.6) is 11.5 Å². The van der Waals surface area contributed by atoms with Gasteiger partial charge in [-0.05, 0) is 12.1 Å². The van der Waals surface area contributed by atoms with Gasteiger partial charge in [-0.2, -0.15) is 0 Å². The number of hydrogen-bond donors (Lipinski definition) is 2. The Labute approximate surface area is 125 Å². The number of hydrogen-bond acceptors (Lipinski definition) is 6. The summed E-state index contributed by atoms with van der Waals surface area (Å²) in [6, 6.07) is 7.31. The number of rotatable bonds is 8. The van der Waals surface area contributed by atoms with Crippen LogP contribution in [0.4, 0.5) is 0 Å². The van der Waals surface area contributed by atoms with E-state index in [1.165, 1.54) is 0 Å². The summed E-state index contributed by atoms with van der Waals surface area (Å²) in [5.41, 5.74) is 0. The number of ether oxygens (including phenoxy) is 4. The van der Waals surface area contributed by atoms with Crippen molar-refractivity contribution in [3.63, 3.8) is 0 Å². The van der Waals surface area contributed by atoms with Crippen LogP contribution in [-0.2, 0) is 9.47 Å². The van der Waals surface area contributed by atoms with E-state index in [1.54, 1.807) is 13.2 Å². The lowest BCUT2D eigenvalue weighted by molar-refractivity contribution is -0.0869. The normalized spacial score (nSPS) is 20.0. The molecule has 6 nitrogen and oxygen atoms in total. The van der Waals surface area contributed by atoms with Crippen molar-refractivity contribution in [3.8, 4) is 11.5 Å². The summed E-state index contributed by atoms with van der Waals surface area (Å²) in [5.74, 6) is 1.41. The lowest BCUT2D eigenvalue weighted by Gasteiger charge is -2.23. The van der Waals surface area contributed by atoms with Gasteiger partial charge in [-0.25, -0.2) is 0 Å². The van der Waals surface area contributed by atoms with Crippen molar-refractivity contribution >= 4 is 0 Å². The second kappa shape index (κ2) is 8.84. The monoisotopic (exact) mass is 297 g/mol. The molecule has 1 aliphatic heterocycles. The molecule has 0 amide bonds. The van der Waals surface area contributed by atoms with Gasteiger partial charge in [0.25, 0.3) is 0 Å². The van der Waals surface area contributed by atoms with E-state index in [1.807, 2.05) is 18.2 Å². The first-order chi connectivity index (χ1) is 10.3. The quantitative estimate of drug-likeness (QED) is 0.726. The van der Waals surface area contributed by atoms with Gasteiger partial charge in [-0.3, -0.25) is 0 Å². The molecule has 1 aromatic rings. The average Bonchev–Trinajstić information content (AvgIpc) is 2.54. The Bertz CT molecular complexity index is 409. The standard InChI is InChI=1S/C15H23NO5/c1-18-13-3-2-4-14(7-13)21-10-12(17)8-16-9-15-11-19-5-6-20-15/h2-4,7,12,15-17H,5-6,8-11H2,1H3. The third-order valence-electron chi connectivity index (χ3n) is 3.12. The fraction of sp³-hybridized carbons (Fsp3) is 0.600. The molecule has 0 aliphatic carbocycles. The van der Waals surface area contributed by atoms with Gasteiger partial charge in [-0.1, -0.05) is 6.07 Å². The Morgan fingerprint density at radius 1 is 1.38 bits per heavy atom. The van der Waals surface area contributed by atoms with E-state index in [0.29, 0.717) is 38.7 Å². The molecule has 6 heteroatoms. The number of aliphatic hydroxyl groups excluding tert-OH is 1. The largest absolute Gasteiger partial charge is 0.497 e. The SMILES string of the molecule is COc1cccc(OCC(O)CNCC2COCCO2)c1. The molecule has 0 spiro atoms. The molecule has 2 unspecified atom stereocenters. The molecule has 1 fully saturated rings. The molecule has 0 radical (unpaired) electrons. The Morgan fingerprint density at radius 3 is 3.00 bits per heavy atom. The fourth-order valence-corrected chi connectivity index (χ4v) is 2.01. The molecular formula is C15H23NO5. The van der Waals surface area contributed by atoms with Crippen molar-refractivity contribution in [2.45, 2.75) is 12.2 Å². The average molecular weight is 297 g/mol. The van der Waals surface area contributed by atoms with Crippen molar-refractivity contribution in [1.82, 2.24) is 5.32 Å². The van der Waals surface area contributed by atoms with Crippen LogP contribution in [0.15, 0.2) is 24.3 Å². The number of benzene rings is 1. The van der Waals surface area contributed by atoms with E-state index in [0.717, 1.165) is 5.75 Å². The van der Waals surface area contributed by atoms with Crippen LogP contribution in [0.25, 0.3) is 0 Å². The minimum Gasteiger partial charge on any atom is -0.497 e. The Balaban J connectivity index is 1.61. The zero-order chi connectivity index (χ0) is 14.9. The minimum absolute atomic E-state index is 0.0604. The van der Waals surface area contributed by atoms with E-state index >= 15 is 0 Å². The summed E-state index contributed by atoms with van der Waals surface area (Å²) < 4.78 is 21.4. The highest BCUT2D eigenvalue weighted by Gasteiger charge is 2.14. The molecular weight excluding hydrogens is 274 g/mol. The molecule has 1 saturated heterocycles. The van der Waals surface area contributed by atoms with Crippen LogP contribution in [0, 0.1) is 0 Å². The Hall–Kier alpha value is -1.34. The van der Waals surface area contributed by atoms with E-state index in [2.05, 4.69) is 5.32 Å². The summed E-state index contributed by atoms with van der Waals surface area (Å²) in [4.78, 5) is 0. The molecule has 0 aromatic heterocycles. The number of methoxy groups -OCH3 is 1. The van der Waals surface area contributed by atoms with Crippen LogP contribution >= 0.6 is 0 Å². The summed E-state index contributed by atoms with van der Waals surface area (Å²) in [7, 11) is 1.61. The highest BCUT2D eigenvalue weighted by atomic mass is 16.6. The lowest BCUT2D eigenvalue weighted by Crippen LogP contribution is -2.41. The first-order valence-electron chi connectivity index (χ1n) is 7.13. The molecule has 2 atom stereocenters. The highest BCUT2D eigenvalue weighted by Crippen LogP contribution is 2.18. The van der Waals surface area contributed by atoms with Crippen LogP contribution in [0.3, 0.4) is 0 Å². The van der Waals surface area contributed by atoms with Crippen molar-refractivity contribution in [1.29, 1.82) is 0 Å². The van der Waals surface area contributed by atoms with Crippen LogP contribution < -0.4 is 14.8 Å². The van der Waals surface area contributed by atoms with Crippen molar-refractivity contribution in [3.05, 3.63) is 24.3 Å². The maximum absolute atomic E-state index is 9.88. The molecule has 2 N–H and O–H groups in total. The summed E-state index contributed by atoms with van der Waals surface area (Å²) in [6.45, 7) is 3.23. The Kier molecular flexibility index (Phi) is 6.75. The molecule has 118 valence electrons. The molecule has 2 rings (SSSR count). The van der Waals surface area contributed by atoms with Gasteiger partial charge in [0, 0.05) is 19.2 Å². The molecule has 0 bridgehead atoms. The number of nitrogens with one attached hydrogen (secondary N) is 1. The predicted molar refractivity (Wildman–Crippen MR) is 77.9 cm³/mol. The van der Waals surface area contributed by atoms with Crippen molar-refractivity contribution in [2.75, 3.05) is 46.6 Å². The van der Waals surface area contributed by atoms with Crippen LogP contribution in [-0.4, -0.2) is 63.9 Å². The van der Waals surface area contributed by atoms with Crippen molar-refractivity contribution < 1.29 is 24.1 Å². The fourth-order valence-electron chi connectivity index (χ4n) is 2.01. The van der Waals surface area contributed by atoms with Crippen LogP contribution in [0.1, 0.15) is 0 Å². The summed E-state index contributed by atoms with van der Waals surface area (Å²) in [5, 5.41) is 13.0. The van der Waals surface area contributed by atoms with E-state index < -0.39 is 6.10 Å². The number of aliphatic hydroxyl groups is 1. The van der Waals surface area contributed by atoms with Gasteiger partial charge < -0.3 is 29.4 Å². The molecule has 0 saturated carbocycles. The topological polar surface area (TPSA) is 69.2 Å². The first kappa shape index (κ1) is 16.0. The zero-order valence-corrected chi connectivity index (χ0v) is 12.3. The van der Waals surface area contributed by atoms with Gasteiger partial charge in [0.1, 0.15) is 24.2 Å². The third kappa shape index (κ3) is 5.89. The van der Waals surface area contributed by atoms with Crippen LogP contribution in [0.2, 0.25) is 0 Å². The summed E-state index contributed by atoms with van der Waals surface area (Å²) in [6.07, 6.45) is -0.522. The second-order valence-electron chi connectivity index (χ2n) is 4.87. The van der Waals surface area contributed by atoms with Gasteiger partial charge in [0.05, 0.1) is 33.0 Å². The summed E-state index contributed by atoms with van der Waals surface area (Å²) >= 11 is 0. The van der Waals surface area contributed by atoms with Gasteiger partial charge in [0.15, 0.2) is 0 Å². The maximum atomic E-state index is 9.88. The van der Waals surface area contributed by atoms with E-state index in [9.17, 15) is 5.11 Å². The minimum atomic E-state index is -0.583. The van der Waals surface area contributed by atoms with E-state index in [4.69, 9.17) is 18.9 Å². The molecule has 21 heavy (non-hydrogen) atoms. The highest BCUT2D eigenvalue weighted by molar-refractivity contribution is 5.32. The van der Waals surface area contributed by atoms with Crippen molar-refractivity contribution in [2.24, 2.45) is 0 Å². The van der Waals surface area contributed by atoms with E-state index in [-0.39, 0.29) is 12.7 Å².